The third-order valence-electron chi connectivity index (χ3n) is 1.30. The number of esters is 1. The van der Waals surface area contributed by atoms with E-state index in [0.29, 0.717) is 5.38 Å². The summed E-state index contributed by atoms with van der Waals surface area (Å²) < 4.78 is 4.93. The van der Waals surface area contributed by atoms with Crippen LogP contribution in [-0.2, 0) is 9.53 Å². The smallest absolute Gasteiger partial charge is 0.324 e. The highest BCUT2D eigenvalue weighted by Crippen LogP contribution is 2.20. The predicted molar refractivity (Wildman–Crippen MR) is 53.4 cm³/mol. The number of hydrogen-bond acceptors (Lipinski definition) is 3. The summed E-state index contributed by atoms with van der Waals surface area (Å²) in [6.07, 6.45) is 1.44. The summed E-state index contributed by atoms with van der Waals surface area (Å²) in [4.78, 5) is 10.9. The van der Waals surface area contributed by atoms with E-state index in [4.69, 9.17) is 21.1 Å². The van der Waals surface area contributed by atoms with Crippen LogP contribution in [0.4, 0.5) is 0 Å². The van der Waals surface area contributed by atoms with E-state index in [9.17, 15) is 4.79 Å². The van der Waals surface area contributed by atoms with Gasteiger partial charge in [-0.1, -0.05) is 6.08 Å². The molecule has 0 atom stereocenters. The molecule has 0 rings (SSSR count). The van der Waals surface area contributed by atoms with Crippen LogP contribution in [0, 0.1) is 11.3 Å². The van der Waals surface area contributed by atoms with Crippen molar-refractivity contribution in [2.45, 2.75) is 26.4 Å². The Bertz CT molecular complexity index is 262. The molecule has 0 aromatic carbocycles. The Hall–Kier alpha value is -0.793. The van der Waals surface area contributed by atoms with Crippen molar-refractivity contribution in [2.75, 3.05) is 0 Å². The SMILES string of the molecule is C/C=C(/OC(=O)CC#N)[Si](C)(C)Cl. The summed E-state index contributed by atoms with van der Waals surface area (Å²) in [5, 5.41) is 8.74. The van der Waals surface area contributed by atoms with Gasteiger partial charge in [-0.3, -0.25) is 4.79 Å². The van der Waals surface area contributed by atoms with E-state index in [1.807, 2.05) is 13.1 Å². The lowest BCUT2D eigenvalue weighted by Gasteiger charge is -2.16. The first-order valence-electron chi connectivity index (χ1n) is 3.85. The second-order valence-electron chi connectivity index (χ2n) is 2.93. The van der Waals surface area contributed by atoms with E-state index in [1.165, 1.54) is 0 Å². The number of ether oxygens (including phenoxy) is 1. The number of carbonyl (C=O) groups is 1. The van der Waals surface area contributed by atoms with Gasteiger partial charge in [0, 0.05) is 0 Å². The Kier molecular flexibility index (Phi) is 4.74. The van der Waals surface area contributed by atoms with Crippen LogP contribution in [0.25, 0.3) is 0 Å². The number of hydrogen-bond donors (Lipinski definition) is 0. The highest BCUT2D eigenvalue weighted by Gasteiger charge is 2.26. The lowest BCUT2D eigenvalue weighted by atomic mass is 10.5. The molecule has 0 fully saturated rings. The van der Waals surface area contributed by atoms with E-state index < -0.39 is 13.4 Å². The van der Waals surface area contributed by atoms with E-state index in [0.717, 1.165) is 0 Å². The van der Waals surface area contributed by atoms with Gasteiger partial charge in [0.25, 0.3) is 0 Å². The van der Waals surface area contributed by atoms with Gasteiger partial charge in [0.1, 0.15) is 11.8 Å². The Morgan fingerprint density at radius 3 is 2.54 bits per heavy atom. The van der Waals surface area contributed by atoms with E-state index in [2.05, 4.69) is 0 Å². The number of halogens is 1. The second-order valence-corrected chi connectivity index (χ2v) is 9.21. The highest BCUT2D eigenvalue weighted by molar-refractivity contribution is 7.22. The summed E-state index contributed by atoms with van der Waals surface area (Å²) in [5.74, 6) is -0.545. The molecule has 0 saturated heterocycles. The first-order chi connectivity index (χ1) is 5.91. The van der Waals surface area contributed by atoms with Crippen molar-refractivity contribution in [1.82, 2.24) is 0 Å². The summed E-state index contributed by atoms with van der Waals surface area (Å²) in [6, 6.07) is 1.72. The van der Waals surface area contributed by atoms with Crippen molar-refractivity contribution in [2.24, 2.45) is 0 Å². The molecule has 0 amide bonds. The quantitative estimate of drug-likeness (QED) is 0.316. The van der Waals surface area contributed by atoms with Crippen molar-refractivity contribution in [3.63, 3.8) is 0 Å². The first kappa shape index (κ1) is 12.2. The van der Waals surface area contributed by atoms with Gasteiger partial charge in [0.05, 0.1) is 6.07 Å². The lowest BCUT2D eigenvalue weighted by Crippen LogP contribution is -2.24. The molecule has 0 radical (unpaired) electrons. The molecule has 0 bridgehead atoms. The van der Waals surface area contributed by atoms with Crippen molar-refractivity contribution in [1.29, 1.82) is 5.26 Å². The molecule has 0 heterocycles. The fourth-order valence-electron chi connectivity index (χ4n) is 0.747. The van der Waals surface area contributed by atoms with Crippen molar-refractivity contribution >= 4 is 24.4 Å². The summed E-state index contributed by atoms with van der Waals surface area (Å²) >= 11 is 6.05. The summed E-state index contributed by atoms with van der Waals surface area (Å²) in [5.41, 5.74) is 0. The molecule has 5 heteroatoms. The van der Waals surface area contributed by atoms with Gasteiger partial charge in [0.15, 0.2) is 0 Å². The number of allylic oxidation sites excluding steroid dienone is 1. The topological polar surface area (TPSA) is 50.1 Å². The number of nitrogens with zero attached hydrogens (tertiary/aromatic N) is 1. The fourth-order valence-corrected chi connectivity index (χ4v) is 2.23. The molecule has 13 heavy (non-hydrogen) atoms. The molecule has 3 nitrogen and oxygen atoms in total. The van der Waals surface area contributed by atoms with Gasteiger partial charge in [-0.05, 0) is 20.0 Å². The lowest BCUT2D eigenvalue weighted by molar-refractivity contribution is -0.137. The van der Waals surface area contributed by atoms with E-state index in [1.54, 1.807) is 19.1 Å². The maximum Gasteiger partial charge on any atom is 0.324 e. The molecule has 0 N–H and O–H groups in total. The van der Waals surface area contributed by atoms with Gasteiger partial charge in [-0.25, -0.2) is 0 Å². The maximum absolute atomic E-state index is 10.9. The molecule has 0 unspecified atom stereocenters. The predicted octanol–water partition coefficient (Wildman–Crippen LogP) is 2.33. The summed E-state index contributed by atoms with van der Waals surface area (Å²) in [7, 11) is -2.10. The molecule has 0 aromatic rings. The minimum atomic E-state index is -2.10. The third-order valence-corrected chi connectivity index (χ3v) is 3.42. The van der Waals surface area contributed by atoms with Gasteiger partial charge < -0.3 is 4.74 Å². The largest absolute Gasteiger partial charge is 0.434 e. The Morgan fingerprint density at radius 2 is 2.23 bits per heavy atom. The van der Waals surface area contributed by atoms with E-state index in [-0.39, 0.29) is 6.42 Å². The molecular weight excluding hydrogens is 206 g/mol. The minimum absolute atomic E-state index is 0.237. The normalized spacial score (nSPS) is 12.1. The zero-order valence-corrected chi connectivity index (χ0v) is 9.68. The third kappa shape index (κ3) is 4.71. The number of carbonyl (C=O) groups excluding carboxylic acids is 1. The van der Waals surface area contributed by atoms with Crippen LogP contribution >= 0.6 is 11.1 Å². The molecule has 0 aliphatic carbocycles. The van der Waals surface area contributed by atoms with Gasteiger partial charge in [-0.15, -0.1) is 0 Å². The zero-order chi connectivity index (χ0) is 10.5. The average molecular weight is 218 g/mol. The number of nitriles is 1. The average Bonchev–Trinajstić information content (AvgIpc) is 1.98. The van der Waals surface area contributed by atoms with E-state index >= 15 is 0 Å². The van der Waals surface area contributed by atoms with Crippen LogP contribution in [0.3, 0.4) is 0 Å². The van der Waals surface area contributed by atoms with Crippen LogP contribution in [0.15, 0.2) is 11.5 Å². The van der Waals surface area contributed by atoms with Gasteiger partial charge >= 0.3 is 5.97 Å². The molecular formula is C8H12ClNO2Si. The van der Waals surface area contributed by atoms with Gasteiger partial charge in [-0.2, -0.15) is 16.3 Å². The van der Waals surface area contributed by atoms with Crippen LogP contribution in [-0.4, -0.2) is 13.4 Å². The maximum atomic E-state index is 10.9. The summed E-state index contributed by atoms with van der Waals surface area (Å²) in [6.45, 7) is 5.46. The van der Waals surface area contributed by atoms with Crippen LogP contribution < -0.4 is 0 Å². The molecule has 0 aliphatic heterocycles. The van der Waals surface area contributed by atoms with Crippen LogP contribution in [0.2, 0.25) is 13.1 Å². The van der Waals surface area contributed by atoms with Crippen molar-refractivity contribution < 1.29 is 9.53 Å². The Balaban J connectivity index is 4.35. The minimum Gasteiger partial charge on any atom is -0.434 e. The van der Waals surface area contributed by atoms with Crippen LogP contribution in [0.5, 0.6) is 0 Å². The molecule has 0 spiro atoms. The van der Waals surface area contributed by atoms with Crippen molar-refractivity contribution in [3.05, 3.63) is 11.5 Å². The molecule has 0 aromatic heterocycles. The molecule has 72 valence electrons. The zero-order valence-electron chi connectivity index (χ0n) is 7.93. The fraction of sp³-hybridized carbons (Fsp3) is 0.500. The monoisotopic (exact) mass is 217 g/mol. The molecule has 0 saturated carbocycles. The van der Waals surface area contributed by atoms with Crippen molar-refractivity contribution in [3.8, 4) is 6.07 Å². The Morgan fingerprint density at radius 1 is 1.69 bits per heavy atom. The molecule has 0 aliphatic rings. The van der Waals surface area contributed by atoms with Crippen LogP contribution in [0.1, 0.15) is 13.3 Å². The first-order valence-corrected chi connectivity index (χ1v) is 7.86. The highest BCUT2D eigenvalue weighted by atomic mass is 35.6. The Labute approximate surface area is 83.7 Å². The number of rotatable bonds is 3. The standard InChI is InChI=1S/C8H12ClNO2Si/c1-4-8(13(2,3)9)12-7(11)5-6-10/h4H,5H2,1-3H3/b8-4-. The van der Waals surface area contributed by atoms with Gasteiger partial charge in [0.2, 0.25) is 7.38 Å². The second kappa shape index (κ2) is 5.05.